The van der Waals surface area contributed by atoms with Crippen molar-refractivity contribution in [1.82, 2.24) is 25.4 Å². The predicted molar refractivity (Wildman–Crippen MR) is 147 cm³/mol. The Balaban J connectivity index is 1.25. The maximum absolute atomic E-state index is 13.1. The van der Waals surface area contributed by atoms with Gasteiger partial charge in [-0.15, -0.1) is 0 Å². The zero-order chi connectivity index (χ0) is 27.4. The van der Waals surface area contributed by atoms with Gasteiger partial charge in [-0.3, -0.25) is 24.4 Å². The first-order valence-corrected chi connectivity index (χ1v) is 13.5. The summed E-state index contributed by atoms with van der Waals surface area (Å²) in [6.45, 7) is 0.0777. The number of methoxy groups -OCH3 is 2. The van der Waals surface area contributed by atoms with Crippen LogP contribution in [0, 0.1) is 0 Å². The van der Waals surface area contributed by atoms with E-state index in [9.17, 15) is 14.4 Å². The number of aromatic nitrogens is 3. The van der Waals surface area contributed by atoms with Crippen molar-refractivity contribution in [2.24, 2.45) is 0 Å². The molecule has 0 saturated carbocycles. The van der Waals surface area contributed by atoms with Crippen molar-refractivity contribution in [3.63, 3.8) is 0 Å². The van der Waals surface area contributed by atoms with E-state index >= 15 is 0 Å². The van der Waals surface area contributed by atoms with Crippen LogP contribution in [0.5, 0.6) is 11.5 Å². The number of thioether (sulfide) groups is 2. The molecule has 2 aromatic heterocycles. The van der Waals surface area contributed by atoms with Gasteiger partial charge < -0.3 is 19.2 Å². The molecule has 3 amide bonds. The number of nitrogens with one attached hydrogen (secondary N) is 2. The Hall–Kier alpha value is -4.23. The zero-order valence-electron chi connectivity index (χ0n) is 20.9. The summed E-state index contributed by atoms with van der Waals surface area (Å²) >= 11 is 2.24. The number of rotatable bonds is 10. The van der Waals surface area contributed by atoms with E-state index in [2.05, 4.69) is 20.5 Å². The quantitative estimate of drug-likeness (QED) is 0.211. The fourth-order valence-electron chi connectivity index (χ4n) is 3.98. The number of hydrogen-bond donors (Lipinski definition) is 2. The van der Waals surface area contributed by atoms with E-state index in [-0.39, 0.29) is 23.8 Å². The Labute approximate surface area is 231 Å². The summed E-state index contributed by atoms with van der Waals surface area (Å²) in [6.07, 6.45) is 3.04. The number of imide groups is 1. The summed E-state index contributed by atoms with van der Waals surface area (Å²) in [6, 6.07) is 12.6. The van der Waals surface area contributed by atoms with Gasteiger partial charge in [-0.1, -0.05) is 36.0 Å². The molecule has 4 aromatic rings. The molecule has 0 bridgehead atoms. The van der Waals surface area contributed by atoms with Gasteiger partial charge in [-0.2, -0.15) is 5.10 Å². The van der Waals surface area contributed by atoms with Crippen LogP contribution < -0.4 is 14.8 Å². The van der Waals surface area contributed by atoms with Crippen LogP contribution in [0.3, 0.4) is 0 Å². The summed E-state index contributed by atoms with van der Waals surface area (Å²) < 4.78 is 16.4. The fourth-order valence-corrected chi connectivity index (χ4v) is 5.65. The van der Waals surface area contributed by atoms with Crippen LogP contribution in [0.25, 0.3) is 17.0 Å². The van der Waals surface area contributed by atoms with Crippen LogP contribution in [-0.4, -0.2) is 64.4 Å². The Bertz CT molecular complexity index is 1570. The standard InChI is InChI=1S/C26H23N5O6S2/c1-35-19-8-7-15(11-20(19)36-2)12-21-24(33)31(26(34)39-21)10-9-27-23(32)22-17(13-38-25-28-14-29-30-25)16-5-3-4-6-18(16)37-22/h3-8,11-12,14H,9-10,13H2,1-2H3,(H,27,32)(H,28,29,30)/b21-12+. The topological polar surface area (TPSA) is 140 Å². The van der Waals surface area contributed by atoms with Gasteiger partial charge in [0.1, 0.15) is 11.9 Å². The van der Waals surface area contributed by atoms with Gasteiger partial charge in [0.2, 0.25) is 0 Å². The van der Waals surface area contributed by atoms with Crippen molar-refractivity contribution < 1.29 is 28.3 Å². The summed E-state index contributed by atoms with van der Waals surface area (Å²) in [5, 5.41) is 10.4. The van der Waals surface area contributed by atoms with Crippen molar-refractivity contribution in [1.29, 1.82) is 0 Å². The average Bonchev–Trinajstić information content (AvgIpc) is 3.66. The van der Waals surface area contributed by atoms with Crippen LogP contribution in [0.1, 0.15) is 21.7 Å². The predicted octanol–water partition coefficient (Wildman–Crippen LogP) is 4.33. The second-order valence-corrected chi connectivity index (χ2v) is 10.1. The Morgan fingerprint density at radius 1 is 1.18 bits per heavy atom. The lowest BCUT2D eigenvalue weighted by molar-refractivity contribution is -0.122. The molecule has 0 atom stereocenters. The number of fused-ring (bicyclic) bond motifs is 1. The van der Waals surface area contributed by atoms with Crippen molar-refractivity contribution in [3.8, 4) is 11.5 Å². The van der Waals surface area contributed by atoms with Gasteiger partial charge in [-0.05, 0) is 41.6 Å². The van der Waals surface area contributed by atoms with E-state index in [1.807, 2.05) is 18.2 Å². The molecule has 0 aliphatic carbocycles. The second kappa shape index (κ2) is 11.7. The van der Waals surface area contributed by atoms with E-state index in [1.165, 1.54) is 32.3 Å². The van der Waals surface area contributed by atoms with Gasteiger partial charge in [-0.25, -0.2) is 4.98 Å². The minimum absolute atomic E-state index is 0.0159. The molecule has 13 heteroatoms. The molecule has 3 heterocycles. The maximum atomic E-state index is 13.1. The highest BCUT2D eigenvalue weighted by Gasteiger charge is 2.35. The number of furan rings is 1. The molecular weight excluding hydrogens is 542 g/mol. The van der Waals surface area contributed by atoms with E-state index in [1.54, 1.807) is 30.3 Å². The van der Waals surface area contributed by atoms with Gasteiger partial charge >= 0.3 is 0 Å². The van der Waals surface area contributed by atoms with Gasteiger partial charge in [0.25, 0.3) is 17.1 Å². The van der Waals surface area contributed by atoms with E-state index in [4.69, 9.17) is 13.9 Å². The van der Waals surface area contributed by atoms with Crippen LogP contribution in [0.4, 0.5) is 4.79 Å². The molecular formula is C26H23N5O6S2. The molecule has 1 saturated heterocycles. The lowest BCUT2D eigenvalue weighted by Gasteiger charge is -2.13. The third-order valence-electron chi connectivity index (χ3n) is 5.85. The molecule has 0 spiro atoms. The lowest BCUT2D eigenvalue weighted by Crippen LogP contribution is -2.37. The van der Waals surface area contributed by atoms with Crippen molar-refractivity contribution in [2.75, 3.05) is 27.3 Å². The van der Waals surface area contributed by atoms with E-state index < -0.39 is 17.1 Å². The Morgan fingerprint density at radius 2 is 2.00 bits per heavy atom. The van der Waals surface area contributed by atoms with E-state index in [0.29, 0.717) is 39.1 Å². The monoisotopic (exact) mass is 565 g/mol. The van der Waals surface area contributed by atoms with E-state index in [0.717, 1.165) is 22.0 Å². The number of nitrogens with zero attached hydrogens (tertiary/aromatic N) is 3. The van der Waals surface area contributed by atoms with Gasteiger partial charge in [0.05, 0.1) is 19.1 Å². The highest BCUT2D eigenvalue weighted by atomic mass is 32.2. The molecule has 39 heavy (non-hydrogen) atoms. The third kappa shape index (κ3) is 5.64. The number of H-pyrrole nitrogens is 1. The third-order valence-corrected chi connectivity index (χ3v) is 7.66. The first kappa shape index (κ1) is 26.4. The highest BCUT2D eigenvalue weighted by molar-refractivity contribution is 8.18. The molecule has 5 rings (SSSR count). The molecule has 0 unspecified atom stereocenters. The van der Waals surface area contributed by atoms with Gasteiger partial charge in [0, 0.05) is 29.8 Å². The minimum Gasteiger partial charge on any atom is -0.493 e. The molecule has 1 aliphatic heterocycles. The number of hydrogen-bond acceptors (Lipinski definition) is 10. The number of ether oxygens (including phenoxy) is 2. The number of carbonyl (C=O) groups is 3. The SMILES string of the molecule is COc1ccc(/C=C2/SC(=O)N(CCNC(=O)c3oc4ccccc4c3CSc3ncn[nH]3)C2=O)cc1OC. The van der Waals surface area contributed by atoms with Crippen LogP contribution >= 0.6 is 23.5 Å². The maximum Gasteiger partial charge on any atom is 0.293 e. The molecule has 11 nitrogen and oxygen atoms in total. The second-order valence-electron chi connectivity index (χ2n) is 8.19. The largest absolute Gasteiger partial charge is 0.493 e. The summed E-state index contributed by atoms with van der Waals surface area (Å²) in [4.78, 5) is 44.1. The normalized spacial score (nSPS) is 14.4. The number of para-hydroxylation sites is 1. The first-order chi connectivity index (χ1) is 19.0. The molecule has 2 N–H and O–H groups in total. The van der Waals surface area contributed by atoms with Crippen molar-refractivity contribution >= 4 is 57.6 Å². The number of carbonyl (C=O) groups excluding carboxylic acids is 3. The van der Waals surface area contributed by atoms with Crippen molar-refractivity contribution in [2.45, 2.75) is 10.9 Å². The number of benzene rings is 2. The fraction of sp³-hybridized carbons (Fsp3) is 0.192. The summed E-state index contributed by atoms with van der Waals surface area (Å²) in [5.41, 5.74) is 1.99. The van der Waals surface area contributed by atoms with Crippen LogP contribution in [0.2, 0.25) is 0 Å². The first-order valence-electron chi connectivity index (χ1n) is 11.7. The van der Waals surface area contributed by atoms with Crippen molar-refractivity contribution in [3.05, 3.63) is 70.6 Å². The molecule has 1 aliphatic rings. The molecule has 0 radical (unpaired) electrons. The lowest BCUT2D eigenvalue weighted by atomic mass is 10.1. The Morgan fingerprint density at radius 3 is 2.77 bits per heavy atom. The summed E-state index contributed by atoms with van der Waals surface area (Å²) in [5.74, 6) is 0.804. The minimum atomic E-state index is -0.438. The van der Waals surface area contributed by atoms with Crippen LogP contribution in [-0.2, 0) is 10.5 Å². The summed E-state index contributed by atoms with van der Waals surface area (Å²) in [7, 11) is 3.06. The van der Waals surface area contributed by atoms with Crippen LogP contribution in [0.15, 0.2) is 63.3 Å². The zero-order valence-corrected chi connectivity index (χ0v) is 22.6. The highest BCUT2D eigenvalue weighted by Crippen LogP contribution is 2.34. The molecule has 1 fully saturated rings. The Kier molecular flexibility index (Phi) is 7.89. The van der Waals surface area contributed by atoms with Gasteiger partial charge in [0.15, 0.2) is 22.4 Å². The molecule has 200 valence electrons. The molecule has 2 aromatic carbocycles. The average molecular weight is 566 g/mol. The number of amides is 3. The smallest absolute Gasteiger partial charge is 0.293 e. The number of aromatic amines is 1.